The van der Waals surface area contributed by atoms with Crippen LogP contribution >= 0.6 is 0 Å². The van der Waals surface area contributed by atoms with Crippen molar-refractivity contribution in [1.82, 2.24) is 5.32 Å². The van der Waals surface area contributed by atoms with E-state index in [0.717, 1.165) is 5.56 Å². The average Bonchev–Trinajstić information content (AvgIpc) is 2.17. The van der Waals surface area contributed by atoms with Gasteiger partial charge in [0.2, 0.25) is 0 Å². The first-order valence-electron chi connectivity index (χ1n) is 4.93. The number of benzene rings is 1. The van der Waals surface area contributed by atoms with Gasteiger partial charge >= 0.3 is 0 Å². The molecule has 0 aromatic heterocycles. The summed E-state index contributed by atoms with van der Waals surface area (Å²) >= 11 is 0. The van der Waals surface area contributed by atoms with Gasteiger partial charge in [-0.15, -0.1) is 0 Å². The van der Waals surface area contributed by atoms with Crippen LogP contribution in [0, 0.1) is 6.92 Å². The first-order valence-corrected chi connectivity index (χ1v) is 6.58. The summed E-state index contributed by atoms with van der Waals surface area (Å²) in [4.78, 5) is 0.437. The highest BCUT2D eigenvalue weighted by molar-refractivity contribution is 7.91. The number of hydrogen-bond acceptors (Lipinski definition) is 3. The summed E-state index contributed by atoms with van der Waals surface area (Å²) in [5, 5.41) is 2.93. The molecule has 0 saturated heterocycles. The van der Waals surface area contributed by atoms with Crippen LogP contribution in [-0.4, -0.2) is 27.3 Å². The van der Waals surface area contributed by atoms with Gasteiger partial charge in [0.25, 0.3) is 0 Å². The molecule has 15 heavy (non-hydrogen) atoms. The molecule has 0 aliphatic heterocycles. The summed E-state index contributed by atoms with van der Waals surface area (Å²) in [6, 6.07) is 7.04. The third-order valence-electron chi connectivity index (χ3n) is 2.39. The smallest absolute Gasteiger partial charge is 0.180 e. The largest absolute Gasteiger partial charge is 0.316 e. The van der Waals surface area contributed by atoms with E-state index in [1.165, 1.54) is 0 Å². The molecule has 0 heterocycles. The average molecular weight is 227 g/mol. The Morgan fingerprint density at radius 2 is 1.93 bits per heavy atom. The first kappa shape index (κ1) is 12.2. The summed E-state index contributed by atoms with van der Waals surface area (Å²) in [6.45, 7) is 3.67. The molecule has 0 aliphatic rings. The minimum atomic E-state index is -3.16. The maximum atomic E-state index is 12.0. The highest BCUT2D eigenvalue weighted by Gasteiger charge is 2.18. The summed E-state index contributed by atoms with van der Waals surface area (Å²) in [5.41, 5.74) is 0.806. The van der Waals surface area contributed by atoms with E-state index in [9.17, 15) is 8.42 Å². The van der Waals surface area contributed by atoms with Crippen molar-refractivity contribution in [3.05, 3.63) is 29.8 Å². The Balaban J connectivity index is 3.02. The predicted molar refractivity (Wildman–Crippen MR) is 61.8 cm³/mol. The quantitative estimate of drug-likeness (QED) is 0.845. The molecule has 1 aromatic carbocycles. The number of hydrogen-bond donors (Lipinski definition) is 1. The molecular weight excluding hydrogens is 210 g/mol. The zero-order valence-electron chi connectivity index (χ0n) is 9.32. The molecule has 0 fully saturated rings. The molecule has 3 nitrogen and oxygen atoms in total. The summed E-state index contributed by atoms with van der Waals surface area (Å²) < 4.78 is 24.0. The number of nitrogens with one attached hydrogen (secondary N) is 1. The Bertz CT molecular complexity index is 426. The molecule has 0 bridgehead atoms. The third-order valence-corrected chi connectivity index (χ3v) is 4.46. The van der Waals surface area contributed by atoms with E-state index in [2.05, 4.69) is 5.32 Å². The number of rotatable bonds is 4. The van der Waals surface area contributed by atoms with Crippen molar-refractivity contribution < 1.29 is 8.42 Å². The van der Waals surface area contributed by atoms with E-state index < -0.39 is 9.84 Å². The van der Waals surface area contributed by atoms with Crippen LogP contribution in [0.4, 0.5) is 0 Å². The number of aryl methyl sites for hydroxylation is 1. The van der Waals surface area contributed by atoms with Gasteiger partial charge in [0.1, 0.15) is 0 Å². The molecule has 4 heteroatoms. The third kappa shape index (κ3) is 3.04. The zero-order valence-corrected chi connectivity index (χ0v) is 10.1. The van der Waals surface area contributed by atoms with Crippen LogP contribution in [0.2, 0.25) is 0 Å². The minimum absolute atomic E-state index is 0.0328. The van der Waals surface area contributed by atoms with Crippen LogP contribution in [0.1, 0.15) is 12.5 Å². The van der Waals surface area contributed by atoms with Gasteiger partial charge in [0.05, 0.1) is 10.6 Å². The lowest BCUT2D eigenvalue weighted by molar-refractivity contribution is 0.578. The van der Waals surface area contributed by atoms with Crippen LogP contribution in [0.15, 0.2) is 29.2 Å². The topological polar surface area (TPSA) is 46.2 Å². The zero-order chi connectivity index (χ0) is 11.5. The first-order chi connectivity index (χ1) is 6.97. The second-order valence-electron chi connectivity index (χ2n) is 3.74. The lowest BCUT2D eigenvalue weighted by Gasteiger charge is -2.12. The van der Waals surface area contributed by atoms with Gasteiger partial charge in [-0.25, -0.2) is 8.42 Å². The maximum Gasteiger partial charge on any atom is 0.180 e. The van der Waals surface area contributed by atoms with Gasteiger partial charge in [-0.3, -0.25) is 0 Å². The Hall–Kier alpha value is -0.870. The molecule has 84 valence electrons. The summed E-state index contributed by atoms with van der Waals surface area (Å²) in [5.74, 6) is 0.133. The van der Waals surface area contributed by atoms with Crippen LogP contribution in [0.25, 0.3) is 0 Å². The van der Waals surface area contributed by atoms with E-state index in [0.29, 0.717) is 4.90 Å². The lowest BCUT2D eigenvalue weighted by atomic mass is 10.2. The monoisotopic (exact) mass is 227 g/mol. The van der Waals surface area contributed by atoms with E-state index in [1.54, 1.807) is 19.2 Å². The molecule has 0 aliphatic carbocycles. The van der Waals surface area contributed by atoms with Gasteiger partial charge in [-0.05, 0) is 32.5 Å². The normalized spacial score (nSPS) is 13.8. The molecule has 0 radical (unpaired) electrons. The Morgan fingerprint density at radius 1 is 1.33 bits per heavy atom. The Labute approximate surface area is 91.4 Å². The number of sulfone groups is 1. The van der Waals surface area contributed by atoms with E-state index in [-0.39, 0.29) is 11.8 Å². The molecule has 1 N–H and O–H groups in total. The fourth-order valence-electron chi connectivity index (χ4n) is 1.41. The summed E-state index contributed by atoms with van der Waals surface area (Å²) in [7, 11) is -1.40. The van der Waals surface area contributed by atoms with Crippen molar-refractivity contribution >= 4 is 9.84 Å². The second-order valence-corrected chi connectivity index (χ2v) is 5.74. The highest BCUT2D eigenvalue weighted by atomic mass is 32.2. The Kier molecular flexibility index (Phi) is 3.88. The van der Waals surface area contributed by atoms with Gasteiger partial charge in [0, 0.05) is 6.04 Å². The highest BCUT2D eigenvalue weighted by Crippen LogP contribution is 2.16. The van der Waals surface area contributed by atoms with Crippen molar-refractivity contribution in [2.75, 3.05) is 12.8 Å². The molecule has 0 spiro atoms. The van der Waals surface area contributed by atoms with Crippen LogP contribution < -0.4 is 5.32 Å². The molecule has 0 amide bonds. The predicted octanol–water partition coefficient (Wildman–Crippen LogP) is 1.38. The van der Waals surface area contributed by atoms with Crippen molar-refractivity contribution in [2.45, 2.75) is 24.8 Å². The molecular formula is C11H17NO2S. The maximum absolute atomic E-state index is 12.0. The van der Waals surface area contributed by atoms with Gasteiger partial charge in [0.15, 0.2) is 9.84 Å². The minimum Gasteiger partial charge on any atom is -0.316 e. The molecule has 0 saturated carbocycles. The Morgan fingerprint density at radius 3 is 2.47 bits per heavy atom. The van der Waals surface area contributed by atoms with Gasteiger partial charge in [-0.2, -0.15) is 0 Å². The molecule has 1 atom stereocenters. The summed E-state index contributed by atoms with van der Waals surface area (Å²) in [6.07, 6.45) is 0. The fourth-order valence-corrected chi connectivity index (χ4v) is 3.26. The van der Waals surface area contributed by atoms with E-state index in [4.69, 9.17) is 0 Å². The van der Waals surface area contributed by atoms with Crippen LogP contribution in [0.3, 0.4) is 0 Å². The lowest BCUT2D eigenvalue weighted by Crippen LogP contribution is -2.30. The second kappa shape index (κ2) is 4.77. The fraction of sp³-hybridized carbons (Fsp3) is 0.455. The van der Waals surface area contributed by atoms with Crippen LogP contribution in [0.5, 0.6) is 0 Å². The van der Waals surface area contributed by atoms with Gasteiger partial charge < -0.3 is 5.32 Å². The SMILES string of the molecule is CNC(C)CS(=O)(=O)c1ccccc1C. The van der Waals surface area contributed by atoms with E-state index >= 15 is 0 Å². The van der Waals surface area contributed by atoms with Crippen molar-refractivity contribution in [3.8, 4) is 0 Å². The van der Waals surface area contributed by atoms with Crippen molar-refractivity contribution in [2.24, 2.45) is 0 Å². The van der Waals surface area contributed by atoms with Crippen LogP contribution in [-0.2, 0) is 9.84 Å². The molecule has 1 aromatic rings. The molecule has 1 rings (SSSR count). The van der Waals surface area contributed by atoms with Gasteiger partial charge in [-0.1, -0.05) is 18.2 Å². The van der Waals surface area contributed by atoms with E-state index in [1.807, 2.05) is 26.0 Å². The van der Waals surface area contributed by atoms with Crippen molar-refractivity contribution in [1.29, 1.82) is 0 Å². The van der Waals surface area contributed by atoms with Crippen molar-refractivity contribution in [3.63, 3.8) is 0 Å². The standard InChI is InChI=1S/C11H17NO2S/c1-9-6-4-5-7-11(9)15(13,14)8-10(2)12-3/h4-7,10,12H,8H2,1-3H3. The molecule has 1 unspecified atom stereocenters.